The molecule has 1 saturated heterocycles. The predicted molar refractivity (Wildman–Crippen MR) is 121 cm³/mol. The van der Waals surface area contributed by atoms with Crippen LogP contribution in [0.15, 0.2) is 84.4 Å². The summed E-state index contributed by atoms with van der Waals surface area (Å²) in [5, 5.41) is 0. The number of hydrogen-bond donors (Lipinski definition) is 0. The molecule has 1 atom stereocenters. The molecular formula is C27H27NO2. The number of aryl methyl sites for hydroxylation is 1. The third-order valence-electron chi connectivity index (χ3n) is 6.12. The van der Waals surface area contributed by atoms with Gasteiger partial charge in [0.15, 0.2) is 0 Å². The Kier molecular flexibility index (Phi) is 5.39. The zero-order chi connectivity index (χ0) is 20.3. The Balaban J connectivity index is 1.70. The van der Waals surface area contributed by atoms with Gasteiger partial charge in [-0.25, -0.2) is 0 Å². The van der Waals surface area contributed by atoms with Gasteiger partial charge < -0.3 is 9.47 Å². The minimum atomic E-state index is 0.175. The monoisotopic (exact) mass is 397 g/mol. The first-order chi connectivity index (χ1) is 14.8. The Morgan fingerprint density at radius 3 is 2.23 bits per heavy atom. The zero-order valence-corrected chi connectivity index (χ0v) is 17.4. The van der Waals surface area contributed by atoms with Gasteiger partial charge in [-0.05, 0) is 29.7 Å². The Bertz CT molecular complexity index is 1050. The van der Waals surface area contributed by atoms with E-state index in [2.05, 4.69) is 90.7 Å². The van der Waals surface area contributed by atoms with E-state index in [0.29, 0.717) is 0 Å². The van der Waals surface area contributed by atoms with Gasteiger partial charge in [-0.2, -0.15) is 0 Å². The number of ether oxygens (including phenoxy) is 2. The first kappa shape index (κ1) is 19.1. The fraction of sp³-hybridized carbons (Fsp3) is 0.259. The number of nitrogens with zero attached hydrogens (tertiary/aromatic N) is 1. The summed E-state index contributed by atoms with van der Waals surface area (Å²) in [6.07, 6.45) is 0. The molecule has 0 spiro atoms. The van der Waals surface area contributed by atoms with Crippen molar-refractivity contribution in [2.45, 2.75) is 12.8 Å². The second kappa shape index (κ2) is 8.47. The molecule has 0 radical (unpaired) electrons. The molecule has 3 aromatic rings. The van der Waals surface area contributed by atoms with Crippen molar-refractivity contribution in [3.05, 3.63) is 107 Å². The molecule has 0 amide bonds. The summed E-state index contributed by atoms with van der Waals surface area (Å²) in [7, 11) is 0. The van der Waals surface area contributed by atoms with Crippen LogP contribution in [0, 0.1) is 6.92 Å². The maximum atomic E-state index is 6.59. The van der Waals surface area contributed by atoms with Crippen molar-refractivity contribution in [2.75, 3.05) is 32.8 Å². The molecule has 1 fully saturated rings. The third kappa shape index (κ3) is 3.67. The van der Waals surface area contributed by atoms with Crippen LogP contribution >= 0.6 is 0 Å². The lowest BCUT2D eigenvalue weighted by molar-refractivity contribution is 0.0416. The lowest BCUT2D eigenvalue weighted by atomic mass is 9.79. The van der Waals surface area contributed by atoms with Crippen LogP contribution in [0.5, 0.6) is 5.75 Å². The van der Waals surface area contributed by atoms with Crippen molar-refractivity contribution in [1.29, 1.82) is 0 Å². The van der Waals surface area contributed by atoms with Crippen LogP contribution in [-0.4, -0.2) is 37.7 Å². The smallest absolute Gasteiger partial charge is 0.136 e. The predicted octanol–water partition coefficient (Wildman–Crippen LogP) is 5.26. The van der Waals surface area contributed by atoms with Gasteiger partial charge >= 0.3 is 0 Å². The van der Waals surface area contributed by atoms with Crippen LogP contribution in [0.3, 0.4) is 0 Å². The number of rotatable bonds is 4. The highest BCUT2D eigenvalue weighted by Gasteiger charge is 2.33. The lowest BCUT2D eigenvalue weighted by Crippen LogP contribution is -2.39. The van der Waals surface area contributed by atoms with Gasteiger partial charge in [0, 0.05) is 36.7 Å². The maximum Gasteiger partial charge on any atom is 0.136 e. The van der Waals surface area contributed by atoms with E-state index < -0.39 is 0 Å². The van der Waals surface area contributed by atoms with Crippen LogP contribution in [0.1, 0.15) is 28.2 Å². The fourth-order valence-electron chi connectivity index (χ4n) is 4.57. The molecule has 0 saturated carbocycles. The highest BCUT2D eigenvalue weighted by atomic mass is 16.5. The average molecular weight is 398 g/mol. The van der Waals surface area contributed by atoms with Gasteiger partial charge in [-0.3, -0.25) is 4.90 Å². The highest BCUT2D eigenvalue weighted by Crippen LogP contribution is 2.46. The summed E-state index contributed by atoms with van der Waals surface area (Å²) >= 11 is 0. The molecule has 1 unspecified atom stereocenters. The molecule has 152 valence electrons. The first-order valence-corrected chi connectivity index (χ1v) is 10.7. The second-order valence-corrected chi connectivity index (χ2v) is 8.04. The Morgan fingerprint density at radius 2 is 1.47 bits per heavy atom. The molecular weight excluding hydrogens is 370 g/mol. The van der Waals surface area contributed by atoms with Gasteiger partial charge in [-0.15, -0.1) is 0 Å². The number of benzene rings is 3. The van der Waals surface area contributed by atoms with E-state index >= 15 is 0 Å². The van der Waals surface area contributed by atoms with Crippen LogP contribution in [0.25, 0.3) is 5.76 Å². The van der Waals surface area contributed by atoms with E-state index in [1.807, 2.05) is 0 Å². The zero-order valence-electron chi connectivity index (χ0n) is 17.4. The van der Waals surface area contributed by atoms with Crippen LogP contribution in [0.2, 0.25) is 0 Å². The Morgan fingerprint density at radius 1 is 0.800 bits per heavy atom. The standard InChI is InChI=1S/C27H27NO2/c1-20-9-5-6-12-22(20)26-23-13-7-8-14-25(23)30-27(21-10-3-2-4-11-21)24(26)19-28-15-17-29-18-16-28/h2-14,26H,15-19H2,1H3. The summed E-state index contributed by atoms with van der Waals surface area (Å²) in [6, 6.07) is 27.8. The first-order valence-electron chi connectivity index (χ1n) is 10.7. The van der Waals surface area contributed by atoms with E-state index in [9.17, 15) is 0 Å². The summed E-state index contributed by atoms with van der Waals surface area (Å²) in [6.45, 7) is 6.57. The third-order valence-corrected chi connectivity index (χ3v) is 6.12. The molecule has 3 aromatic carbocycles. The van der Waals surface area contributed by atoms with E-state index in [4.69, 9.17) is 9.47 Å². The van der Waals surface area contributed by atoms with Crippen molar-refractivity contribution in [3.63, 3.8) is 0 Å². The van der Waals surface area contributed by atoms with Crippen LogP contribution in [-0.2, 0) is 4.74 Å². The minimum absolute atomic E-state index is 0.175. The SMILES string of the molecule is Cc1ccccc1C1C(CN2CCOCC2)=C(c2ccccc2)Oc2ccccc21. The molecule has 0 aliphatic carbocycles. The summed E-state index contributed by atoms with van der Waals surface area (Å²) < 4.78 is 12.2. The van der Waals surface area contributed by atoms with Gasteiger partial charge in [-0.1, -0.05) is 72.8 Å². The van der Waals surface area contributed by atoms with E-state index in [-0.39, 0.29) is 5.92 Å². The van der Waals surface area contributed by atoms with Crippen molar-refractivity contribution < 1.29 is 9.47 Å². The quantitative estimate of drug-likeness (QED) is 0.599. The summed E-state index contributed by atoms with van der Waals surface area (Å²) in [4.78, 5) is 2.49. The van der Waals surface area contributed by atoms with Crippen LogP contribution < -0.4 is 4.74 Å². The van der Waals surface area contributed by atoms with E-state index in [1.54, 1.807) is 0 Å². The number of fused-ring (bicyclic) bond motifs is 1. The van der Waals surface area contributed by atoms with E-state index in [0.717, 1.165) is 49.9 Å². The number of para-hydroxylation sites is 1. The molecule has 0 bridgehead atoms. The Hall–Kier alpha value is -2.88. The molecule has 30 heavy (non-hydrogen) atoms. The largest absolute Gasteiger partial charge is 0.456 e. The van der Waals surface area contributed by atoms with Crippen molar-refractivity contribution in [2.24, 2.45) is 0 Å². The highest BCUT2D eigenvalue weighted by molar-refractivity contribution is 5.73. The van der Waals surface area contributed by atoms with Gasteiger partial charge in [0.1, 0.15) is 11.5 Å². The van der Waals surface area contributed by atoms with Crippen molar-refractivity contribution in [3.8, 4) is 5.75 Å². The molecule has 2 heterocycles. The Labute approximate surface area is 178 Å². The van der Waals surface area contributed by atoms with Gasteiger partial charge in [0.2, 0.25) is 0 Å². The van der Waals surface area contributed by atoms with Crippen LogP contribution in [0.4, 0.5) is 0 Å². The number of morpholine rings is 1. The van der Waals surface area contributed by atoms with Crippen molar-refractivity contribution in [1.82, 2.24) is 4.90 Å². The molecule has 3 heteroatoms. The molecule has 0 aromatic heterocycles. The van der Waals surface area contributed by atoms with Gasteiger partial charge in [0.25, 0.3) is 0 Å². The molecule has 0 N–H and O–H groups in total. The average Bonchev–Trinajstić information content (AvgIpc) is 2.80. The van der Waals surface area contributed by atoms with Crippen molar-refractivity contribution >= 4 is 5.76 Å². The molecule has 2 aliphatic heterocycles. The maximum absolute atomic E-state index is 6.59. The second-order valence-electron chi connectivity index (χ2n) is 8.04. The normalized spacial score (nSPS) is 19.3. The van der Waals surface area contributed by atoms with E-state index in [1.165, 1.54) is 22.3 Å². The lowest BCUT2D eigenvalue weighted by Gasteiger charge is -2.36. The fourth-order valence-corrected chi connectivity index (χ4v) is 4.57. The molecule has 5 rings (SSSR count). The minimum Gasteiger partial charge on any atom is -0.456 e. The van der Waals surface area contributed by atoms with Gasteiger partial charge in [0.05, 0.1) is 13.2 Å². The topological polar surface area (TPSA) is 21.7 Å². The molecule has 3 nitrogen and oxygen atoms in total. The molecule has 2 aliphatic rings. The summed E-state index contributed by atoms with van der Waals surface area (Å²) in [5.74, 6) is 2.12. The summed E-state index contributed by atoms with van der Waals surface area (Å²) in [5.41, 5.74) is 6.37. The number of hydrogen-bond acceptors (Lipinski definition) is 3.